The molecule has 1 aromatic rings. The van der Waals surface area contributed by atoms with Gasteiger partial charge in [-0.3, -0.25) is 10.1 Å². The first-order valence-electron chi connectivity index (χ1n) is 5.78. The minimum atomic E-state index is -0.962. The summed E-state index contributed by atoms with van der Waals surface area (Å²) in [5, 5.41) is 11.4. The molecule has 0 heterocycles. The smallest absolute Gasteiger partial charge is 0.250 e. The minimum Gasteiger partial charge on any atom is -0.264 e. The van der Waals surface area contributed by atoms with Crippen LogP contribution in [0.25, 0.3) is 5.57 Å². The molecule has 0 radical (unpaired) electrons. The average Bonchev–Trinajstić information content (AvgIpc) is 2.39. The van der Waals surface area contributed by atoms with Gasteiger partial charge in [-0.15, -0.1) is 0 Å². The Bertz CT molecular complexity index is 476. The Morgan fingerprint density at radius 1 is 1.35 bits per heavy atom. The van der Waals surface area contributed by atoms with Crippen molar-refractivity contribution in [3.63, 3.8) is 0 Å². The molecule has 0 aromatic heterocycles. The van der Waals surface area contributed by atoms with E-state index in [1.165, 1.54) is 0 Å². The largest absolute Gasteiger partial charge is 0.264 e. The molecule has 1 aliphatic rings. The van der Waals surface area contributed by atoms with E-state index in [2.05, 4.69) is 0 Å². The van der Waals surface area contributed by atoms with Crippen molar-refractivity contribution >= 4 is 5.57 Å². The molecule has 1 aromatic carbocycles. The van der Waals surface area contributed by atoms with E-state index in [0.29, 0.717) is 12.8 Å². The lowest BCUT2D eigenvalue weighted by atomic mass is 9.78. The Balaban J connectivity index is 2.52. The van der Waals surface area contributed by atoms with Gasteiger partial charge in [0.1, 0.15) is 0 Å². The van der Waals surface area contributed by atoms with Gasteiger partial charge in [0.05, 0.1) is 0 Å². The number of rotatable bonds is 3. The van der Waals surface area contributed by atoms with Gasteiger partial charge in [-0.05, 0) is 5.56 Å². The van der Waals surface area contributed by atoms with E-state index in [-0.39, 0.29) is 4.92 Å². The van der Waals surface area contributed by atoms with Crippen molar-refractivity contribution in [1.29, 1.82) is 0 Å². The Labute approximate surface area is 101 Å². The number of nitro groups is 1. The third kappa shape index (κ3) is 1.88. The van der Waals surface area contributed by atoms with E-state index in [1.54, 1.807) is 0 Å². The summed E-state index contributed by atoms with van der Waals surface area (Å²) in [7, 11) is 0. The van der Waals surface area contributed by atoms with Gasteiger partial charge in [0, 0.05) is 23.3 Å². The van der Waals surface area contributed by atoms with Crippen LogP contribution in [-0.2, 0) is 0 Å². The van der Waals surface area contributed by atoms with Crippen LogP contribution in [0.4, 0.5) is 0 Å². The molecule has 1 atom stereocenters. The predicted octanol–water partition coefficient (Wildman–Crippen LogP) is 3.46. The standard InChI is InChI=1S/C14H15NO2/c1-2-14(15(16)17)11-7-6-10-13(14)12-8-4-3-5-9-12/h3-10H,2,11H2,1H3. The van der Waals surface area contributed by atoms with Crippen LogP contribution in [0.3, 0.4) is 0 Å². The van der Waals surface area contributed by atoms with Crippen molar-refractivity contribution in [2.75, 3.05) is 0 Å². The van der Waals surface area contributed by atoms with Gasteiger partial charge >= 0.3 is 0 Å². The molecule has 0 bridgehead atoms. The van der Waals surface area contributed by atoms with Gasteiger partial charge in [0.2, 0.25) is 0 Å². The highest BCUT2D eigenvalue weighted by atomic mass is 16.6. The summed E-state index contributed by atoms with van der Waals surface area (Å²) in [6.07, 6.45) is 6.62. The Hall–Kier alpha value is -1.90. The molecule has 1 aliphatic carbocycles. The molecule has 88 valence electrons. The summed E-state index contributed by atoms with van der Waals surface area (Å²) in [5.74, 6) is 0. The first-order valence-corrected chi connectivity index (χ1v) is 5.78. The van der Waals surface area contributed by atoms with Crippen LogP contribution in [0.5, 0.6) is 0 Å². The Morgan fingerprint density at radius 3 is 2.65 bits per heavy atom. The second kappa shape index (κ2) is 4.53. The highest BCUT2D eigenvalue weighted by molar-refractivity contribution is 5.74. The summed E-state index contributed by atoms with van der Waals surface area (Å²) in [4.78, 5) is 11.3. The summed E-state index contributed by atoms with van der Waals surface area (Å²) < 4.78 is 0. The minimum absolute atomic E-state index is 0.144. The topological polar surface area (TPSA) is 43.1 Å². The molecule has 3 nitrogen and oxygen atoms in total. The van der Waals surface area contributed by atoms with Gasteiger partial charge in [0.15, 0.2) is 0 Å². The molecule has 0 aliphatic heterocycles. The SMILES string of the molecule is CCC1([N+](=O)[O-])CC=CC=C1c1ccccc1. The predicted molar refractivity (Wildman–Crippen MR) is 68.2 cm³/mol. The van der Waals surface area contributed by atoms with E-state index in [9.17, 15) is 10.1 Å². The molecule has 2 rings (SSSR count). The van der Waals surface area contributed by atoms with Crippen LogP contribution < -0.4 is 0 Å². The van der Waals surface area contributed by atoms with E-state index in [1.807, 2.05) is 55.5 Å². The molecule has 0 amide bonds. The molecule has 1 unspecified atom stereocenters. The molecule has 3 heteroatoms. The zero-order chi connectivity index (χ0) is 12.3. The molecule has 0 N–H and O–H groups in total. The van der Waals surface area contributed by atoms with Crippen LogP contribution in [0.1, 0.15) is 25.3 Å². The maximum absolute atomic E-state index is 11.4. The third-order valence-corrected chi connectivity index (χ3v) is 3.38. The maximum Gasteiger partial charge on any atom is 0.250 e. The van der Waals surface area contributed by atoms with Gasteiger partial charge in [-0.1, -0.05) is 55.5 Å². The van der Waals surface area contributed by atoms with Gasteiger partial charge in [-0.2, -0.15) is 0 Å². The lowest BCUT2D eigenvalue weighted by Crippen LogP contribution is -2.39. The number of benzene rings is 1. The molecular weight excluding hydrogens is 214 g/mol. The van der Waals surface area contributed by atoms with Crippen LogP contribution in [0.15, 0.2) is 48.6 Å². The highest BCUT2D eigenvalue weighted by Crippen LogP contribution is 2.38. The summed E-state index contributed by atoms with van der Waals surface area (Å²) in [6, 6.07) is 9.60. The van der Waals surface area contributed by atoms with Crippen molar-refractivity contribution in [1.82, 2.24) is 0 Å². The molecule has 0 saturated heterocycles. The van der Waals surface area contributed by atoms with E-state index in [0.717, 1.165) is 11.1 Å². The van der Waals surface area contributed by atoms with Gasteiger partial charge in [0.25, 0.3) is 5.54 Å². The Kier molecular flexibility index (Phi) is 3.09. The molecule has 0 saturated carbocycles. The third-order valence-electron chi connectivity index (χ3n) is 3.38. The fraction of sp³-hybridized carbons (Fsp3) is 0.286. The Morgan fingerprint density at radius 2 is 2.06 bits per heavy atom. The number of hydrogen-bond acceptors (Lipinski definition) is 2. The fourth-order valence-corrected chi connectivity index (χ4v) is 2.31. The zero-order valence-electron chi connectivity index (χ0n) is 9.80. The lowest BCUT2D eigenvalue weighted by molar-refractivity contribution is -0.550. The van der Waals surface area contributed by atoms with Crippen molar-refractivity contribution in [2.24, 2.45) is 0 Å². The first-order chi connectivity index (χ1) is 8.20. The second-order valence-corrected chi connectivity index (χ2v) is 4.22. The molecule has 0 fully saturated rings. The van der Waals surface area contributed by atoms with Crippen LogP contribution >= 0.6 is 0 Å². The van der Waals surface area contributed by atoms with Crippen molar-refractivity contribution in [3.8, 4) is 0 Å². The van der Waals surface area contributed by atoms with Crippen molar-refractivity contribution in [2.45, 2.75) is 25.3 Å². The molecule has 0 spiro atoms. The maximum atomic E-state index is 11.4. The summed E-state index contributed by atoms with van der Waals surface area (Å²) in [5.41, 5.74) is 0.791. The first kappa shape index (κ1) is 11.6. The van der Waals surface area contributed by atoms with Crippen LogP contribution in [-0.4, -0.2) is 10.5 Å². The van der Waals surface area contributed by atoms with E-state index < -0.39 is 5.54 Å². The van der Waals surface area contributed by atoms with E-state index >= 15 is 0 Å². The summed E-state index contributed by atoms with van der Waals surface area (Å²) >= 11 is 0. The van der Waals surface area contributed by atoms with Crippen LogP contribution in [0.2, 0.25) is 0 Å². The fourth-order valence-electron chi connectivity index (χ4n) is 2.31. The molecular formula is C14H15NO2. The average molecular weight is 229 g/mol. The van der Waals surface area contributed by atoms with Crippen molar-refractivity contribution in [3.05, 3.63) is 64.2 Å². The number of hydrogen-bond donors (Lipinski definition) is 0. The zero-order valence-corrected chi connectivity index (χ0v) is 9.80. The highest BCUT2D eigenvalue weighted by Gasteiger charge is 2.45. The number of nitrogens with zero attached hydrogens (tertiary/aromatic N) is 1. The summed E-state index contributed by atoms with van der Waals surface area (Å²) in [6.45, 7) is 1.87. The lowest BCUT2D eigenvalue weighted by Gasteiger charge is -2.28. The van der Waals surface area contributed by atoms with E-state index in [4.69, 9.17) is 0 Å². The van der Waals surface area contributed by atoms with Crippen molar-refractivity contribution < 1.29 is 4.92 Å². The molecule has 17 heavy (non-hydrogen) atoms. The quantitative estimate of drug-likeness (QED) is 0.588. The van der Waals surface area contributed by atoms with Gasteiger partial charge in [-0.25, -0.2) is 0 Å². The van der Waals surface area contributed by atoms with Gasteiger partial charge < -0.3 is 0 Å². The number of allylic oxidation sites excluding steroid dienone is 2. The van der Waals surface area contributed by atoms with Crippen LogP contribution in [0, 0.1) is 10.1 Å². The normalized spacial score (nSPS) is 23.2. The monoisotopic (exact) mass is 229 g/mol. The second-order valence-electron chi connectivity index (χ2n) is 4.22.